The fraction of sp³-hybridized carbons (Fsp3) is 0.379. The van der Waals surface area contributed by atoms with Crippen LogP contribution in [0.2, 0.25) is 0 Å². The third-order valence-corrected chi connectivity index (χ3v) is 7.38. The van der Waals surface area contributed by atoms with Crippen LogP contribution in [-0.4, -0.2) is 68.4 Å². The summed E-state index contributed by atoms with van der Waals surface area (Å²) in [5, 5.41) is 16.3. The number of hydrogen-bond acceptors (Lipinski definition) is 10. The van der Waals surface area contributed by atoms with E-state index in [1.807, 2.05) is 37.1 Å². The van der Waals surface area contributed by atoms with Crippen molar-refractivity contribution in [2.45, 2.75) is 51.0 Å². The number of ether oxygens (including phenoxy) is 1. The zero-order valence-corrected chi connectivity index (χ0v) is 22.8. The third kappa shape index (κ3) is 6.60. The zero-order valence-electron chi connectivity index (χ0n) is 22.8. The number of amides is 1. The number of nitrogens with one attached hydrogen (secondary N) is 2. The molecule has 5 heterocycles. The van der Waals surface area contributed by atoms with Crippen molar-refractivity contribution in [1.29, 1.82) is 0 Å². The number of carbonyl (C=O) groups is 2. The van der Waals surface area contributed by atoms with Crippen molar-refractivity contribution < 1.29 is 19.4 Å². The van der Waals surface area contributed by atoms with E-state index in [9.17, 15) is 9.90 Å². The van der Waals surface area contributed by atoms with Gasteiger partial charge in [-0.15, -0.1) is 0 Å². The van der Waals surface area contributed by atoms with Crippen molar-refractivity contribution in [3.8, 4) is 0 Å². The quantitative estimate of drug-likeness (QED) is 0.289. The highest BCUT2D eigenvalue weighted by Crippen LogP contribution is 2.32. The van der Waals surface area contributed by atoms with Crippen molar-refractivity contribution in [2.24, 2.45) is 0 Å². The minimum Gasteiger partial charge on any atom is -0.445 e. The first-order valence-electron chi connectivity index (χ1n) is 13.7. The van der Waals surface area contributed by atoms with E-state index < -0.39 is 12.3 Å². The molecule has 1 unspecified atom stereocenters. The molecule has 2 aliphatic heterocycles. The van der Waals surface area contributed by atoms with Crippen molar-refractivity contribution in [3.63, 3.8) is 0 Å². The third-order valence-electron chi connectivity index (χ3n) is 7.38. The largest absolute Gasteiger partial charge is 0.445 e. The molecule has 0 radical (unpaired) electrons. The van der Waals surface area contributed by atoms with Crippen molar-refractivity contribution >= 4 is 35.7 Å². The Kier molecular flexibility index (Phi) is 8.99. The Morgan fingerprint density at radius 1 is 1.12 bits per heavy atom. The second kappa shape index (κ2) is 13.2. The molecule has 1 fully saturated rings. The maximum atomic E-state index is 12.1. The standard InChI is InChI=1S/C28H32N8O3.CH2O/c37-23(34-28(38)39-16-19-5-2-1-3-6-19)15-36-18-32-24-26(30-17-31-27(24)36)35-13-10-20(11-14-35)22-9-8-21-7-4-12-29-25(21)33-22;1-2/h1-3,5-6,8-9,17-18,20,23,37H,4,7,10-16H2,(H,29,33)(H,34,38);1H2. The Balaban J connectivity index is 0.00000165. The van der Waals surface area contributed by atoms with Crippen LogP contribution in [-0.2, 0) is 29.1 Å². The molecule has 1 atom stereocenters. The number of alkyl carbamates (subject to hydrolysis) is 1. The molecule has 0 bridgehead atoms. The van der Waals surface area contributed by atoms with Gasteiger partial charge in [-0.3, -0.25) is 5.32 Å². The zero-order chi connectivity index (χ0) is 28.6. The van der Waals surface area contributed by atoms with Crippen LogP contribution >= 0.6 is 0 Å². The molecular formula is C29H34N8O4. The number of aryl methyl sites for hydroxylation is 1. The lowest BCUT2D eigenvalue weighted by atomic mass is 9.92. The fourth-order valence-corrected chi connectivity index (χ4v) is 5.32. The molecule has 1 saturated heterocycles. The SMILES string of the molecule is C=O.O=C(NC(O)Cn1cnc2c(N3CCC(c4ccc5c(n4)NCCC5)CC3)ncnc21)OCc1ccccc1. The maximum absolute atomic E-state index is 12.1. The van der Waals surface area contributed by atoms with Gasteiger partial charge in [-0.1, -0.05) is 36.4 Å². The Morgan fingerprint density at radius 2 is 1.93 bits per heavy atom. The van der Waals surface area contributed by atoms with E-state index in [4.69, 9.17) is 14.5 Å². The number of aromatic nitrogens is 5. The predicted octanol–water partition coefficient (Wildman–Crippen LogP) is 3.02. The number of nitrogens with zero attached hydrogens (tertiary/aromatic N) is 6. The molecular weight excluding hydrogens is 524 g/mol. The van der Waals surface area contributed by atoms with Crippen LogP contribution in [0.1, 0.15) is 42.0 Å². The number of benzene rings is 1. The lowest BCUT2D eigenvalue weighted by molar-refractivity contribution is -0.0980. The minimum absolute atomic E-state index is 0.0769. The van der Waals surface area contributed by atoms with E-state index in [1.165, 1.54) is 11.9 Å². The Morgan fingerprint density at radius 3 is 2.73 bits per heavy atom. The van der Waals surface area contributed by atoms with Gasteiger partial charge in [0.2, 0.25) is 0 Å². The summed E-state index contributed by atoms with van der Waals surface area (Å²) in [4.78, 5) is 40.8. The molecule has 12 nitrogen and oxygen atoms in total. The summed E-state index contributed by atoms with van der Waals surface area (Å²) in [7, 11) is 0. The molecule has 3 aromatic heterocycles. The van der Waals surface area contributed by atoms with Gasteiger partial charge in [0.1, 0.15) is 31.8 Å². The van der Waals surface area contributed by atoms with Crippen molar-refractivity contribution in [1.82, 2.24) is 29.8 Å². The second-order valence-corrected chi connectivity index (χ2v) is 10.0. The number of fused-ring (bicyclic) bond motifs is 2. The van der Waals surface area contributed by atoms with Crippen LogP contribution in [0.25, 0.3) is 11.2 Å². The molecule has 41 heavy (non-hydrogen) atoms. The molecule has 4 aromatic rings. The molecule has 3 N–H and O–H groups in total. The van der Waals surface area contributed by atoms with E-state index in [0.29, 0.717) is 17.1 Å². The first kappa shape index (κ1) is 28.0. The van der Waals surface area contributed by atoms with Crippen LogP contribution in [0.5, 0.6) is 0 Å². The highest BCUT2D eigenvalue weighted by atomic mass is 16.6. The van der Waals surface area contributed by atoms with E-state index in [-0.39, 0.29) is 13.2 Å². The van der Waals surface area contributed by atoms with Crippen LogP contribution < -0.4 is 15.5 Å². The van der Waals surface area contributed by atoms with Gasteiger partial charge in [-0.05, 0) is 42.9 Å². The first-order chi connectivity index (χ1) is 20.1. The van der Waals surface area contributed by atoms with Gasteiger partial charge in [-0.2, -0.15) is 0 Å². The van der Waals surface area contributed by atoms with E-state index in [2.05, 4.69) is 42.6 Å². The monoisotopic (exact) mass is 558 g/mol. The Bertz CT molecular complexity index is 1460. The number of piperidine rings is 1. The molecule has 1 amide bonds. The number of rotatable bonds is 7. The number of anilines is 2. The van der Waals surface area contributed by atoms with Gasteiger partial charge in [-0.25, -0.2) is 24.7 Å². The summed E-state index contributed by atoms with van der Waals surface area (Å²) >= 11 is 0. The van der Waals surface area contributed by atoms with Crippen molar-refractivity contribution in [2.75, 3.05) is 29.9 Å². The second-order valence-electron chi connectivity index (χ2n) is 10.0. The van der Waals surface area contributed by atoms with Gasteiger partial charge in [0.25, 0.3) is 0 Å². The number of hydrogen-bond donors (Lipinski definition) is 3. The highest BCUT2D eigenvalue weighted by molar-refractivity contribution is 5.83. The van der Waals surface area contributed by atoms with Gasteiger partial charge >= 0.3 is 6.09 Å². The smallest absolute Gasteiger partial charge is 0.409 e. The molecule has 12 heteroatoms. The minimum atomic E-state index is -1.17. The molecule has 0 aliphatic carbocycles. The van der Waals surface area contributed by atoms with Crippen LogP contribution in [0.15, 0.2) is 55.1 Å². The van der Waals surface area contributed by atoms with Gasteiger partial charge < -0.3 is 29.4 Å². The number of pyridine rings is 1. The highest BCUT2D eigenvalue weighted by Gasteiger charge is 2.26. The van der Waals surface area contributed by atoms with Crippen molar-refractivity contribution in [3.05, 3.63) is 71.9 Å². The molecule has 1 aromatic carbocycles. The summed E-state index contributed by atoms with van der Waals surface area (Å²) in [6.07, 6.45) is 5.48. The van der Waals surface area contributed by atoms with Gasteiger partial charge in [0.05, 0.1) is 12.9 Å². The fourth-order valence-electron chi connectivity index (χ4n) is 5.32. The van der Waals surface area contributed by atoms with E-state index in [0.717, 1.165) is 68.2 Å². The summed E-state index contributed by atoms with van der Waals surface area (Å²) in [6.45, 7) is 4.87. The molecule has 6 rings (SSSR count). The molecule has 2 aliphatic rings. The summed E-state index contributed by atoms with van der Waals surface area (Å²) in [6, 6.07) is 13.8. The van der Waals surface area contributed by atoms with Crippen LogP contribution in [0.4, 0.5) is 16.4 Å². The Labute approximate surface area is 237 Å². The number of aliphatic hydroxyl groups excluding tert-OH is 1. The average molecular weight is 559 g/mol. The summed E-state index contributed by atoms with van der Waals surface area (Å²) in [5.41, 5.74) is 4.61. The van der Waals surface area contributed by atoms with Gasteiger partial charge in [0, 0.05) is 31.2 Å². The molecule has 0 spiro atoms. The summed E-state index contributed by atoms with van der Waals surface area (Å²) < 4.78 is 6.90. The first-order valence-corrected chi connectivity index (χ1v) is 13.7. The number of carbonyl (C=O) groups excluding carboxylic acids is 2. The lowest BCUT2D eigenvalue weighted by Gasteiger charge is -2.33. The topological polar surface area (TPSA) is 147 Å². The van der Waals surface area contributed by atoms with E-state index >= 15 is 0 Å². The predicted molar refractivity (Wildman–Crippen MR) is 153 cm³/mol. The normalized spacial score (nSPS) is 15.7. The Hall–Kier alpha value is -4.58. The molecule has 214 valence electrons. The van der Waals surface area contributed by atoms with Crippen LogP contribution in [0.3, 0.4) is 0 Å². The maximum Gasteiger partial charge on any atom is 0.409 e. The summed E-state index contributed by atoms with van der Waals surface area (Å²) in [5.74, 6) is 2.24. The average Bonchev–Trinajstić information content (AvgIpc) is 3.44. The van der Waals surface area contributed by atoms with Gasteiger partial charge in [0.15, 0.2) is 17.0 Å². The number of aliphatic hydroxyl groups is 1. The lowest BCUT2D eigenvalue weighted by Crippen LogP contribution is -2.38. The van der Waals surface area contributed by atoms with Crippen LogP contribution in [0, 0.1) is 0 Å². The van der Waals surface area contributed by atoms with E-state index in [1.54, 1.807) is 10.9 Å². The number of imidazole rings is 1. The molecule has 0 saturated carbocycles.